The zero-order valence-corrected chi connectivity index (χ0v) is 12.3. The van der Waals surface area contributed by atoms with E-state index in [2.05, 4.69) is 11.1 Å². The van der Waals surface area contributed by atoms with Gasteiger partial charge in [-0.2, -0.15) is 0 Å². The van der Waals surface area contributed by atoms with Gasteiger partial charge in [0.15, 0.2) is 0 Å². The minimum Gasteiger partial charge on any atom is -0.264 e. The van der Waals surface area contributed by atoms with Crippen LogP contribution in [0.2, 0.25) is 0 Å². The highest BCUT2D eigenvalue weighted by Gasteiger charge is 2.28. The lowest BCUT2D eigenvalue weighted by molar-refractivity contribution is 0.265. The highest BCUT2D eigenvalue weighted by molar-refractivity contribution is 7.89. The van der Waals surface area contributed by atoms with Crippen LogP contribution in [0.25, 0.3) is 0 Å². The standard InChI is InChI=1S/C14H22N2O2S/c1-2-9-19(17,18)16-8-4-6-14(12-16)10-13-5-3-7-15-11-13/h3,5,7,11,14H,2,4,6,8-10,12H2,1H3/t14-/m0/s1. The Morgan fingerprint density at radius 2 is 2.32 bits per heavy atom. The third kappa shape index (κ3) is 4.01. The van der Waals surface area contributed by atoms with E-state index in [9.17, 15) is 8.42 Å². The van der Waals surface area contributed by atoms with Crippen molar-refractivity contribution in [1.29, 1.82) is 0 Å². The average molecular weight is 282 g/mol. The first kappa shape index (κ1) is 14.5. The highest BCUT2D eigenvalue weighted by Crippen LogP contribution is 2.22. The molecule has 1 saturated heterocycles. The molecule has 0 spiro atoms. The molecule has 2 rings (SSSR count). The predicted molar refractivity (Wildman–Crippen MR) is 76.3 cm³/mol. The van der Waals surface area contributed by atoms with E-state index in [1.807, 2.05) is 19.2 Å². The van der Waals surface area contributed by atoms with Crippen molar-refractivity contribution in [2.24, 2.45) is 5.92 Å². The van der Waals surface area contributed by atoms with Gasteiger partial charge in [0.2, 0.25) is 10.0 Å². The van der Waals surface area contributed by atoms with Gasteiger partial charge in [0.05, 0.1) is 5.75 Å². The second-order valence-corrected chi connectivity index (χ2v) is 7.34. The maximum absolute atomic E-state index is 12.1. The summed E-state index contributed by atoms with van der Waals surface area (Å²) in [5.74, 6) is 0.691. The van der Waals surface area contributed by atoms with Crippen LogP contribution in [0.5, 0.6) is 0 Å². The molecule has 106 valence electrons. The molecule has 0 saturated carbocycles. The van der Waals surface area contributed by atoms with Crippen LogP contribution in [0, 0.1) is 5.92 Å². The van der Waals surface area contributed by atoms with E-state index in [0.717, 1.165) is 19.3 Å². The number of sulfonamides is 1. The topological polar surface area (TPSA) is 50.3 Å². The first-order valence-corrected chi connectivity index (χ1v) is 8.59. The maximum Gasteiger partial charge on any atom is 0.214 e. The number of piperidine rings is 1. The van der Waals surface area contributed by atoms with Gasteiger partial charge in [-0.15, -0.1) is 0 Å². The van der Waals surface area contributed by atoms with E-state index in [1.54, 1.807) is 10.5 Å². The lowest BCUT2D eigenvalue weighted by atomic mass is 9.93. The summed E-state index contributed by atoms with van der Waals surface area (Å²) in [6, 6.07) is 4.00. The van der Waals surface area contributed by atoms with E-state index < -0.39 is 10.0 Å². The summed E-state index contributed by atoms with van der Waals surface area (Å²) in [5, 5.41) is 0. The van der Waals surface area contributed by atoms with E-state index in [-0.39, 0.29) is 5.75 Å². The summed E-state index contributed by atoms with van der Waals surface area (Å²) in [7, 11) is -3.04. The molecule has 0 radical (unpaired) electrons. The number of rotatable bonds is 5. The summed E-state index contributed by atoms with van der Waals surface area (Å²) in [6.45, 7) is 3.26. The summed E-state index contributed by atoms with van der Waals surface area (Å²) in [6.07, 6.45) is 7.32. The average Bonchev–Trinajstić information content (AvgIpc) is 2.40. The quantitative estimate of drug-likeness (QED) is 0.831. The van der Waals surface area contributed by atoms with Gasteiger partial charge in [0.1, 0.15) is 0 Å². The molecule has 1 aromatic rings. The van der Waals surface area contributed by atoms with Gasteiger partial charge < -0.3 is 0 Å². The van der Waals surface area contributed by atoms with Crippen LogP contribution in [-0.2, 0) is 16.4 Å². The zero-order valence-electron chi connectivity index (χ0n) is 11.5. The van der Waals surface area contributed by atoms with Crippen molar-refractivity contribution < 1.29 is 8.42 Å². The Bertz CT molecular complexity index is 487. The highest BCUT2D eigenvalue weighted by atomic mass is 32.2. The molecule has 0 aliphatic carbocycles. The monoisotopic (exact) mass is 282 g/mol. The summed E-state index contributed by atoms with van der Waals surface area (Å²) >= 11 is 0. The van der Waals surface area contributed by atoms with Crippen molar-refractivity contribution in [3.63, 3.8) is 0 Å². The normalized spacial score (nSPS) is 21.4. The zero-order chi connectivity index (χ0) is 13.7. The molecular weight excluding hydrogens is 260 g/mol. The number of hydrogen-bond acceptors (Lipinski definition) is 3. The lowest BCUT2D eigenvalue weighted by Crippen LogP contribution is -2.41. The summed E-state index contributed by atoms with van der Waals surface area (Å²) < 4.78 is 25.9. The van der Waals surface area contributed by atoms with Gasteiger partial charge in [-0.3, -0.25) is 4.98 Å². The molecule has 1 atom stereocenters. The van der Waals surface area contributed by atoms with Gasteiger partial charge in [-0.25, -0.2) is 12.7 Å². The van der Waals surface area contributed by atoms with Crippen LogP contribution in [0.4, 0.5) is 0 Å². The molecule has 1 aromatic heterocycles. The fourth-order valence-electron chi connectivity index (χ4n) is 2.69. The minimum atomic E-state index is -3.04. The van der Waals surface area contributed by atoms with Crippen LogP contribution in [0.1, 0.15) is 31.7 Å². The number of pyridine rings is 1. The lowest BCUT2D eigenvalue weighted by Gasteiger charge is -2.32. The second kappa shape index (κ2) is 6.48. The largest absolute Gasteiger partial charge is 0.264 e. The van der Waals surface area contributed by atoms with Crippen LogP contribution in [0.15, 0.2) is 24.5 Å². The molecule has 2 heterocycles. The van der Waals surface area contributed by atoms with Crippen molar-refractivity contribution in [2.75, 3.05) is 18.8 Å². The van der Waals surface area contributed by atoms with E-state index in [1.165, 1.54) is 5.56 Å². The SMILES string of the molecule is CCCS(=O)(=O)N1CCC[C@@H](Cc2cccnc2)C1. The molecule has 1 fully saturated rings. The van der Waals surface area contributed by atoms with Gasteiger partial charge in [-0.05, 0) is 43.2 Å². The first-order chi connectivity index (χ1) is 9.12. The smallest absolute Gasteiger partial charge is 0.214 e. The first-order valence-electron chi connectivity index (χ1n) is 6.98. The summed E-state index contributed by atoms with van der Waals surface area (Å²) in [4.78, 5) is 4.12. The molecule has 5 heteroatoms. The van der Waals surface area contributed by atoms with Gasteiger partial charge in [0.25, 0.3) is 0 Å². The second-order valence-electron chi connectivity index (χ2n) is 5.25. The molecule has 0 bridgehead atoms. The van der Waals surface area contributed by atoms with Crippen molar-refractivity contribution in [2.45, 2.75) is 32.6 Å². The molecule has 0 N–H and O–H groups in total. The van der Waals surface area contributed by atoms with Crippen LogP contribution < -0.4 is 0 Å². The van der Waals surface area contributed by atoms with Crippen LogP contribution >= 0.6 is 0 Å². The third-order valence-electron chi connectivity index (χ3n) is 3.58. The molecule has 19 heavy (non-hydrogen) atoms. The summed E-state index contributed by atoms with van der Waals surface area (Å²) in [5.41, 5.74) is 1.20. The van der Waals surface area contributed by atoms with E-state index in [0.29, 0.717) is 25.4 Å². The Hall–Kier alpha value is -0.940. The van der Waals surface area contributed by atoms with Crippen molar-refractivity contribution in [3.05, 3.63) is 30.1 Å². The molecule has 0 amide bonds. The van der Waals surface area contributed by atoms with Gasteiger partial charge in [-0.1, -0.05) is 13.0 Å². The van der Waals surface area contributed by atoms with E-state index in [4.69, 9.17) is 0 Å². The van der Waals surface area contributed by atoms with Crippen LogP contribution in [0.3, 0.4) is 0 Å². The number of nitrogens with zero attached hydrogens (tertiary/aromatic N) is 2. The fraction of sp³-hybridized carbons (Fsp3) is 0.643. The van der Waals surface area contributed by atoms with Gasteiger partial charge >= 0.3 is 0 Å². The molecule has 1 aliphatic rings. The Labute approximate surface area is 115 Å². The number of aromatic nitrogens is 1. The van der Waals surface area contributed by atoms with Crippen molar-refractivity contribution in [1.82, 2.24) is 9.29 Å². The molecule has 0 unspecified atom stereocenters. The van der Waals surface area contributed by atoms with Crippen LogP contribution in [-0.4, -0.2) is 36.5 Å². The third-order valence-corrected chi connectivity index (χ3v) is 5.63. The molecular formula is C14H22N2O2S. The maximum atomic E-state index is 12.1. The van der Waals surface area contributed by atoms with Crippen molar-refractivity contribution in [3.8, 4) is 0 Å². The minimum absolute atomic E-state index is 0.270. The molecule has 4 nitrogen and oxygen atoms in total. The van der Waals surface area contributed by atoms with Crippen molar-refractivity contribution >= 4 is 10.0 Å². The fourth-order valence-corrected chi connectivity index (χ4v) is 4.30. The Kier molecular flexibility index (Phi) is 4.93. The Morgan fingerprint density at radius 1 is 1.47 bits per heavy atom. The van der Waals surface area contributed by atoms with Gasteiger partial charge in [0, 0.05) is 25.5 Å². The Balaban J connectivity index is 1.98. The number of hydrogen-bond donors (Lipinski definition) is 0. The Morgan fingerprint density at radius 3 is 3.00 bits per heavy atom. The molecule has 1 aliphatic heterocycles. The molecule has 0 aromatic carbocycles. The predicted octanol–water partition coefficient (Wildman–Crippen LogP) is 2.08. The van der Waals surface area contributed by atoms with E-state index >= 15 is 0 Å².